The molecule has 1 aromatic heterocycles. The van der Waals surface area contributed by atoms with Gasteiger partial charge in [0.05, 0.1) is 0 Å². The molecular formula is C14H22N2O2S2. The molecule has 1 aromatic rings. The molecule has 4 nitrogen and oxygen atoms in total. The van der Waals surface area contributed by atoms with Gasteiger partial charge in [0.25, 0.3) is 10.0 Å². The third kappa shape index (κ3) is 3.24. The van der Waals surface area contributed by atoms with E-state index < -0.39 is 10.0 Å². The Hall–Kier alpha value is -0.430. The largest absolute Gasteiger partial charge is 0.314 e. The van der Waals surface area contributed by atoms with E-state index in [1.165, 1.54) is 24.2 Å². The molecule has 0 unspecified atom stereocenters. The highest BCUT2D eigenvalue weighted by Crippen LogP contribution is 2.29. The van der Waals surface area contributed by atoms with Crippen LogP contribution in [0.4, 0.5) is 0 Å². The van der Waals surface area contributed by atoms with Gasteiger partial charge >= 0.3 is 0 Å². The summed E-state index contributed by atoms with van der Waals surface area (Å²) in [6.07, 6.45) is 4.57. The molecule has 0 aromatic carbocycles. The van der Waals surface area contributed by atoms with Crippen molar-refractivity contribution in [2.24, 2.45) is 5.92 Å². The normalized spacial score (nSPS) is 22.2. The van der Waals surface area contributed by atoms with Crippen molar-refractivity contribution >= 4 is 21.4 Å². The summed E-state index contributed by atoms with van der Waals surface area (Å²) in [5, 5.41) is 3.58. The molecule has 0 atom stereocenters. The van der Waals surface area contributed by atoms with Gasteiger partial charge in [-0.3, -0.25) is 0 Å². The second-order valence-electron chi connectivity index (χ2n) is 5.90. The molecule has 0 bridgehead atoms. The van der Waals surface area contributed by atoms with Crippen LogP contribution in [0.2, 0.25) is 0 Å². The van der Waals surface area contributed by atoms with Gasteiger partial charge in [-0.25, -0.2) is 8.42 Å². The molecule has 0 spiro atoms. The van der Waals surface area contributed by atoms with Gasteiger partial charge in [0.15, 0.2) is 0 Å². The number of rotatable bonds is 5. The lowest BCUT2D eigenvalue weighted by atomic mass is 10.1. The molecule has 1 N–H and O–H groups in total. The quantitative estimate of drug-likeness (QED) is 0.906. The van der Waals surface area contributed by atoms with Crippen LogP contribution in [-0.2, 0) is 10.0 Å². The molecule has 1 aliphatic carbocycles. The Balaban J connectivity index is 1.56. The number of sulfonamides is 1. The molecule has 2 heterocycles. The predicted molar refractivity (Wildman–Crippen MR) is 81.6 cm³/mol. The van der Waals surface area contributed by atoms with Crippen LogP contribution in [-0.4, -0.2) is 38.4 Å². The summed E-state index contributed by atoms with van der Waals surface area (Å²) in [5.41, 5.74) is 0. The zero-order chi connectivity index (χ0) is 14.2. The van der Waals surface area contributed by atoms with Crippen molar-refractivity contribution in [1.82, 2.24) is 9.62 Å². The van der Waals surface area contributed by atoms with Gasteiger partial charge < -0.3 is 5.32 Å². The maximum Gasteiger partial charge on any atom is 0.252 e. The van der Waals surface area contributed by atoms with Crippen molar-refractivity contribution in [2.45, 2.75) is 42.9 Å². The molecule has 2 fully saturated rings. The predicted octanol–water partition coefficient (Wildman–Crippen LogP) is 2.21. The van der Waals surface area contributed by atoms with Gasteiger partial charge in [-0.15, -0.1) is 11.3 Å². The van der Waals surface area contributed by atoms with E-state index in [4.69, 9.17) is 0 Å². The maximum absolute atomic E-state index is 12.5. The van der Waals surface area contributed by atoms with E-state index in [0.717, 1.165) is 30.2 Å². The number of nitrogens with zero attached hydrogens (tertiary/aromatic N) is 1. The van der Waals surface area contributed by atoms with Crippen molar-refractivity contribution in [3.05, 3.63) is 17.0 Å². The van der Waals surface area contributed by atoms with E-state index in [-0.39, 0.29) is 0 Å². The van der Waals surface area contributed by atoms with Gasteiger partial charge in [0, 0.05) is 24.0 Å². The summed E-state index contributed by atoms with van der Waals surface area (Å²) >= 11 is 1.37. The Morgan fingerprint density at radius 1 is 1.25 bits per heavy atom. The van der Waals surface area contributed by atoms with E-state index in [9.17, 15) is 8.42 Å². The van der Waals surface area contributed by atoms with Gasteiger partial charge in [-0.1, -0.05) is 0 Å². The molecular weight excluding hydrogens is 292 g/mol. The van der Waals surface area contributed by atoms with E-state index in [1.807, 2.05) is 13.0 Å². The van der Waals surface area contributed by atoms with Crippen LogP contribution >= 0.6 is 11.3 Å². The average molecular weight is 314 g/mol. The minimum absolute atomic E-state index is 0.486. The lowest BCUT2D eigenvalue weighted by molar-refractivity contribution is 0.288. The van der Waals surface area contributed by atoms with Gasteiger partial charge in [0.1, 0.15) is 4.21 Å². The van der Waals surface area contributed by atoms with Gasteiger partial charge in [-0.05, 0) is 57.2 Å². The van der Waals surface area contributed by atoms with E-state index >= 15 is 0 Å². The number of piperidine rings is 1. The van der Waals surface area contributed by atoms with Crippen LogP contribution < -0.4 is 5.32 Å². The molecule has 112 valence electrons. The minimum atomic E-state index is -3.26. The molecule has 0 radical (unpaired) electrons. The van der Waals surface area contributed by atoms with E-state index in [1.54, 1.807) is 10.4 Å². The van der Waals surface area contributed by atoms with Crippen LogP contribution in [0.1, 0.15) is 30.6 Å². The monoisotopic (exact) mass is 314 g/mol. The van der Waals surface area contributed by atoms with Crippen LogP contribution in [0.25, 0.3) is 0 Å². The molecule has 2 aliphatic rings. The Morgan fingerprint density at radius 2 is 1.95 bits per heavy atom. The number of hydrogen-bond acceptors (Lipinski definition) is 4. The highest BCUT2D eigenvalue weighted by Gasteiger charge is 2.31. The maximum atomic E-state index is 12.5. The Labute approximate surface area is 125 Å². The third-order valence-electron chi connectivity index (χ3n) is 4.16. The summed E-state index contributed by atoms with van der Waals surface area (Å²) in [4.78, 5) is 1.05. The van der Waals surface area contributed by atoms with Gasteiger partial charge in [0.2, 0.25) is 0 Å². The van der Waals surface area contributed by atoms with Crippen molar-refractivity contribution in [3.63, 3.8) is 0 Å². The highest BCUT2D eigenvalue weighted by molar-refractivity contribution is 7.91. The SMILES string of the molecule is Cc1ccc(S(=O)(=O)N2CCC(NCC3CC3)CC2)s1. The van der Waals surface area contributed by atoms with Crippen LogP contribution in [0.3, 0.4) is 0 Å². The number of nitrogens with one attached hydrogen (secondary N) is 1. The number of aryl methyl sites for hydroxylation is 1. The minimum Gasteiger partial charge on any atom is -0.314 e. The number of thiophene rings is 1. The summed E-state index contributed by atoms with van der Waals surface area (Å²) in [6, 6.07) is 4.10. The first-order valence-electron chi connectivity index (χ1n) is 7.35. The first-order valence-corrected chi connectivity index (χ1v) is 9.61. The average Bonchev–Trinajstić information content (AvgIpc) is 3.17. The fourth-order valence-corrected chi connectivity index (χ4v) is 5.54. The molecule has 6 heteroatoms. The summed E-state index contributed by atoms with van der Waals surface area (Å²) < 4.78 is 27.1. The lowest BCUT2D eigenvalue weighted by Crippen LogP contribution is -2.45. The van der Waals surface area contributed by atoms with Crippen molar-refractivity contribution in [3.8, 4) is 0 Å². The van der Waals surface area contributed by atoms with Crippen molar-refractivity contribution in [1.29, 1.82) is 0 Å². The zero-order valence-corrected chi connectivity index (χ0v) is 13.5. The highest BCUT2D eigenvalue weighted by atomic mass is 32.2. The molecule has 1 saturated heterocycles. The molecule has 1 saturated carbocycles. The standard InChI is InChI=1S/C14H22N2O2S2/c1-11-2-5-14(19-11)20(17,18)16-8-6-13(7-9-16)15-10-12-3-4-12/h2,5,12-13,15H,3-4,6-10H2,1H3. The number of hydrogen-bond donors (Lipinski definition) is 1. The molecule has 0 amide bonds. The van der Waals surface area contributed by atoms with Crippen LogP contribution in [0.15, 0.2) is 16.3 Å². The molecule has 3 rings (SSSR count). The summed E-state index contributed by atoms with van der Waals surface area (Å²) in [5.74, 6) is 0.880. The second-order valence-corrected chi connectivity index (χ2v) is 9.35. The van der Waals surface area contributed by atoms with E-state index in [2.05, 4.69) is 5.32 Å². The Bertz CT molecular complexity index is 555. The zero-order valence-electron chi connectivity index (χ0n) is 11.8. The topological polar surface area (TPSA) is 49.4 Å². The van der Waals surface area contributed by atoms with Crippen LogP contribution in [0.5, 0.6) is 0 Å². The third-order valence-corrected chi connectivity index (χ3v) is 7.52. The fourth-order valence-electron chi connectivity index (χ4n) is 2.63. The second kappa shape index (κ2) is 5.75. The summed E-state index contributed by atoms with van der Waals surface area (Å²) in [6.45, 7) is 4.34. The van der Waals surface area contributed by atoms with Crippen LogP contribution in [0, 0.1) is 12.8 Å². The Morgan fingerprint density at radius 3 is 2.50 bits per heavy atom. The molecule has 1 aliphatic heterocycles. The first kappa shape index (κ1) is 14.5. The first-order chi connectivity index (χ1) is 9.55. The fraction of sp³-hybridized carbons (Fsp3) is 0.714. The van der Waals surface area contributed by atoms with Crippen molar-refractivity contribution in [2.75, 3.05) is 19.6 Å². The van der Waals surface area contributed by atoms with Crippen molar-refractivity contribution < 1.29 is 8.42 Å². The lowest BCUT2D eigenvalue weighted by Gasteiger charge is -2.31. The smallest absolute Gasteiger partial charge is 0.252 e. The van der Waals surface area contributed by atoms with E-state index in [0.29, 0.717) is 23.3 Å². The molecule has 20 heavy (non-hydrogen) atoms. The van der Waals surface area contributed by atoms with Gasteiger partial charge in [-0.2, -0.15) is 4.31 Å². The summed E-state index contributed by atoms with van der Waals surface area (Å²) in [7, 11) is -3.26. The Kier molecular flexibility index (Phi) is 4.17.